The van der Waals surface area contributed by atoms with Gasteiger partial charge in [0.05, 0.1) is 12.5 Å². The molecule has 0 aliphatic heterocycles. The number of ether oxygens (including phenoxy) is 1. The van der Waals surface area contributed by atoms with Crippen molar-refractivity contribution in [3.63, 3.8) is 0 Å². The zero-order valence-corrected chi connectivity index (χ0v) is 14.7. The zero-order valence-electron chi connectivity index (χ0n) is 14.7. The Morgan fingerprint density at radius 2 is 1.85 bits per heavy atom. The van der Waals surface area contributed by atoms with Crippen molar-refractivity contribution in [1.29, 1.82) is 0 Å². The molecule has 2 heterocycles. The first kappa shape index (κ1) is 16.1. The summed E-state index contributed by atoms with van der Waals surface area (Å²) in [7, 11) is 1.67. The van der Waals surface area contributed by atoms with Crippen molar-refractivity contribution < 1.29 is 4.74 Å². The lowest BCUT2D eigenvalue weighted by Gasteiger charge is -2.15. The Labute approximate surface area is 152 Å². The lowest BCUT2D eigenvalue weighted by Crippen LogP contribution is -2.08. The zero-order chi connectivity index (χ0) is 17.9. The normalized spacial score (nSPS) is 12.1. The number of nitrogens with zero attached hydrogens (tertiary/aromatic N) is 2. The summed E-state index contributed by atoms with van der Waals surface area (Å²) < 4.78 is 5.32. The number of H-pyrrole nitrogens is 1. The Bertz CT molecular complexity index is 1030. The number of fused-ring (bicyclic) bond motifs is 1. The van der Waals surface area contributed by atoms with Crippen molar-refractivity contribution in [1.82, 2.24) is 15.0 Å². The quantitative estimate of drug-likeness (QED) is 0.545. The maximum atomic E-state index is 5.32. The minimum absolute atomic E-state index is 0.143. The van der Waals surface area contributed by atoms with E-state index in [1.54, 1.807) is 13.4 Å². The third-order valence-electron chi connectivity index (χ3n) is 4.46. The second-order valence-electron chi connectivity index (χ2n) is 6.18. The molecular formula is C21H20N4O. The monoisotopic (exact) mass is 344 g/mol. The van der Waals surface area contributed by atoms with E-state index in [1.807, 2.05) is 42.5 Å². The van der Waals surface area contributed by atoms with Gasteiger partial charge in [-0.2, -0.15) is 0 Å². The molecule has 2 N–H and O–H groups in total. The number of anilines is 1. The third kappa shape index (κ3) is 3.11. The fraction of sp³-hybridized carbons (Fsp3) is 0.143. The van der Waals surface area contributed by atoms with Crippen LogP contribution in [0.25, 0.3) is 22.3 Å². The van der Waals surface area contributed by atoms with Crippen molar-refractivity contribution in [2.75, 3.05) is 12.4 Å². The van der Waals surface area contributed by atoms with Crippen LogP contribution in [0.1, 0.15) is 18.5 Å². The maximum Gasteiger partial charge on any atom is 0.143 e. The van der Waals surface area contributed by atoms with Crippen LogP contribution in [0.3, 0.4) is 0 Å². The molecule has 0 fully saturated rings. The second-order valence-corrected chi connectivity index (χ2v) is 6.18. The molecule has 130 valence electrons. The fourth-order valence-corrected chi connectivity index (χ4v) is 3.03. The van der Waals surface area contributed by atoms with Crippen LogP contribution in [0.5, 0.6) is 5.75 Å². The molecule has 0 saturated heterocycles. The minimum Gasteiger partial charge on any atom is -0.497 e. The highest BCUT2D eigenvalue weighted by atomic mass is 16.5. The van der Waals surface area contributed by atoms with Crippen LogP contribution in [0.2, 0.25) is 0 Å². The van der Waals surface area contributed by atoms with Crippen LogP contribution >= 0.6 is 0 Å². The van der Waals surface area contributed by atoms with Crippen LogP contribution < -0.4 is 10.1 Å². The molecule has 5 heteroatoms. The van der Waals surface area contributed by atoms with E-state index >= 15 is 0 Å². The van der Waals surface area contributed by atoms with Gasteiger partial charge in [0.1, 0.15) is 23.5 Å². The van der Waals surface area contributed by atoms with E-state index in [4.69, 9.17) is 4.74 Å². The molecule has 0 radical (unpaired) electrons. The summed E-state index contributed by atoms with van der Waals surface area (Å²) >= 11 is 0. The van der Waals surface area contributed by atoms with Crippen LogP contribution in [0.15, 0.2) is 67.0 Å². The van der Waals surface area contributed by atoms with Gasteiger partial charge in [0.2, 0.25) is 0 Å². The second kappa shape index (κ2) is 6.88. The van der Waals surface area contributed by atoms with Gasteiger partial charge in [0.15, 0.2) is 0 Å². The van der Waals surface area contributed by atoms with Crippen LogP contribution in [-0.2, 0) is 0 Å². The number of nitrogens with one attached hydrogen (secondary N) is 2. The third-order valence-corrected chi connectivity index (χ3v) is 4.46. The standard InChI is InChI=1S/C21H20N4O/c1-14(15-7-4-3-5-8-15)24-20-18-12-19(25-21(18)23-13-22-20)16-9-6-10-17(11-16)26-2/h3-14H,1-2H3,(H2,22,23,24,25). The molecule has 26 heavy (non-hydrogen) atoms. The Morgan fingerprint density at radius 1 is 1.00 bits per heavy atom. The lowest BCUT2D eigenvalue weighted by atomic mass is 10.1. The molecule has 2 aromatic carbocycles. The van der Waals surface area contributed by atoms with E-state index in [0.717, 1.165) is 33.9 Å². The molecule has 4 aromatic rings. The Morgan fingerprint density at radius 3 is 2.65 bits per heavy atom. The Hall–Kier alpha value is -3.34. The summed E-state index contributed by atoms with van der Waals surface area (Å²) in [6.07, 6.45) is 1.58. The topological polar surface area (TPSA) is 62.8 Å². The molecule has 0 saturated carbocycles. The van der Waals surface area contributed by atoms with Crippen LogP contribution in [0, 0.1) is 0 Å². The highest BCUT2D eigenvalue weighted by Crippen LogP contribution is 2.30. The number of rotatable bonds is 5. The fourth-order valence-electron chi connectivity index (χ4n) is 3.03. The molecule has 5 nitrogen and oxygen atoms in total. The molecule has 0 amide bonds. The highest BCUT2D eigenvalue weighted by molar-refractivity contribution is 5.91. The molecule has 1 atom stereocenters. The molecule has 2 aromatic heterocycles. The lowest BCUT2D eigenvalue weighted by molar-refractivity contribution is 0.415. The predicted molar refractivity (Wildman–Crippen MR) is 104 cm³/mol. The van der Waals surface area contributed by atoms with E-state index < -0.39 is 0 Å². The van der Waals surface area contributed by atoms with Gasteiger partial charge < -0.3 is 15.0 Å². The molecule has 0 spiro atoms. The summed E-state index contributed by atoms with van der Waals surface area (Å²) in [6, 6.07) is 20.5. The molecule has 0 aliphatic rings. The molecule has 1 unspecified atom stereocenters. The molecule has 0 bridgehead atoms. The van der Waals surface area contributed by atoms with Gasteiger partial charge in [-0.1, -0.05) is 42.5 Å². The summed E-state index contributed by atoms with van der Waals surface area (Å²) in [4.78, 5) is 12.2. The average molecular weight is 344 g/mol. The van der Waals surface area contributed by atoms with E-state index in [0.29, 0.717) is 0 Å². The van der Waals surface area contributed by atoms with Crippen molar-refractivity contribution in [2.24, 2.45) is 0 Å². The summed E-state index contributed by atoms with van der Waals surface area (Å²) in [5, 5.41) is 4.46. The average Bonchev–Trinajstić information content (AvgIpc) is 3.14. The predicted octanol–water partition coefficient (Wildman–Crippen LogP) is 4.81. The summed E-state index contributed by atoms with van der Waals surface area (Å²) in [6.45, 7) is 2.12. The maximum absolute atomic E-state index is 5.32. The summed E-state index contributed by atoms with van der Waals surface area (Å²) in [5.74, 6) is 1.64. The molecular weight excluding hydrogens is 324 g/mol. The first-order chi connectivity index (χ1) is 12.7. The van der Waals surface area contributed by atoms with E-state index in [-0.39, 0.29) is 6.04 Å². The smallest absolute Gasteiger partial charge is 0.143 e. The van der Waals surface area contributed by atoms with Gasteiger partial charge in [-0.15, -0.1) is 0 Å². The highest BCUT2D eigenvalue weighted by Gasteiger charge is 2.12. The van der Waals surface area contributed by atoms with Gasteiger partial charge in [0, 0.05) is 17.3 Å². The van der Waals surface area contributed by atoms with Crippen LogP contribution in [-0.4, -0.2) is 22.1 Å². The van der Waals surface area contributed by atoms with E-state index in [9.17, 15) is 0 Å². The number of aromatic nitrogens is 3. The van der Waals surface area contributed by atoms with Crippen molar-refractivity contribution in [3.05, 3.63) is 72.6 Å². The molecule has 4 rings (SSSR count). The molecule has 0 aliphatic carbocycles. The first-order valence-corrected chi connectivity index (χ1v) is 8.54. The van der Waals surface area contributed by atoms with Crippen molar-refractivity contribution in [3.8, 4) is 17.0 Å². The Kier molecular flexibility index (Phi) is 4.27. The van der Waals surface area contributed by atoms with Gasteiger partial charge in [0.25, 0.3) is 0 Å². The Balaban J connectivity index is 1.69. The number of hydrogen-bond acceptors (Lipinski definition) is 4. The number of hydrogen-bond donors (Lipinski definition) is 2. The minimum atomic E-state index is 0.143. The number of methoxy groups -OCH3 is 1. The van der Waals surface area contributed by atoms with Gasteiger partial charge in [-0.3, -0.25) is 0 Å². The van der Waals surface area contributed by atoms with Gasteiger partial charge in [-0.25, -0.2) is 9.97 Å². The van der Waals surface area contributed by atoms with Gasteiger partial charge in [-0.05, 0) is 30.7 Å². The SMILES string of the molecule is COc1cccc(-c2cc3c(NC(C)c4ccccc4)ncnc3[nH]2)c1. The van der Waals surface area contributed by atoms with Crippen molar-refractivity contribution >= 4 is 16.9 Å². The first-order valence-electron chi connectivity index (χ1n) is 8.54. The number of benzene rings is 2. The van der Waals surface area contributed by atoms with Crippen molar-refractivity contribution in [2.45, 2.75) is 13.0 Å². The largest absolute Gasteiger partial charge is 0.497 e. The van der Waals surface area contributed by atoms with E-state index in [2.05, 4.69) is 45.4 Å². The van der Waals surface area contributed by atoms with Gasteiger partial charge >= 0.3 is 0 Å². The number of aromatic amines is 1. The van der Waals surface area contributed by atoms with E-state index in [1.165, 1.54) is 5.56 Å². The van der Waals surface area contributed by atoms with Crippen LogP contribution in [0.4, 0.5) is 5.82 Å². The summed E-state index contributed by atoms with van der Waals surface area (Å²) in [5.41, 5.74) is 4.04.